The minimum atomic E-state index is -0.767. The van der Waals surface area contributed by atoms with E-state index < -0.39 is 5.97 Å². The highest BCUT2D eigenvalue weighted by atomic mass is 16.4. The normalized spacial score (nSPS) is 22.5. The summed E-state index contributed by atoms with van der Waals surface area (Å²) in [5, 5.41) is 8.75. The first kappa shape index (κ1) is 17.7. The van der Waals surface area contributed by atoms with E-state index in [0.717, 1.165) is 43.4 Å². The van der Waals surface area contributed by atoms with Gasteiger partial charge in [-0.1, -0.05) is 31.2 Å². The maximum Gasteiger partial charge on any atom is 0.303 e. The fraction of sp³-hybridized carbons (Fsp3) is 0.579. The van der Waals surface area contributed by atoms with Gasteiger partial charge in [0, 0.05) is 17.9 Å². The molecule has 1 unspecified atom stereocenters. The number of hydrogen-bond acceptors (Lipinski definition) is 3. The topological polar surface area (TPSA) is 80.4 Å². The van der Waals surface area contributed by atoms with Gasteiger partial charge < -0.3 is 10.8 Å². The molecule has 1 aliphatic carbocycles. The molecule has 23 heavy (non-hydrogen) atoms. The minimum absolute atomic E-state index is 0.132. The summed E-state index contributed by atoms with van der Waals surface area (Å²) in [7, 11) is 0. The van der Waals surface area contributed by atoms with E-state index in [0.29, 0.717) is 12.3 Å². The molecular weight excluding hydrogens is 290 g/mol. The Kier molecular flexibility index (Phi) is 6.34. The number of carboxylic acid groups (broad SMARTS) is 1. The van der Waals surface area contributed by atoms with E-state index in [2.05, 4.69) is 0 Å². The SMILES string of the molecule is CC(CCC(=O)O)c1ccc(C(=O)C2CCC(CN)CC2)cc1. The molecule has 1 atom stereocenters. The molecule has 0 aromatic heterocycles. The molecule has 1 saturated carbocycles. The van der Waals surface area contributed by atoms with Crippen molar-refractivity contribution >= 4 is 11.8 Å². The van der Waals surface area contributed by atoms with Crippen LogP contribution in [-0.2, 0) is 4.79 Å². The molecule has 1 aliphatic rings. The number of carboxylic acids is 1. The highest BCUT2D eigenvalue weighted by molar-refractivity contribution is 5.97. The molecule has 4 heteroatoms. The number of nitrogens with two attached hydrogens (primary N) is 1. The van der Waals surface area contributed by atoms with Crippen molar-refractivity contribution in [3.8, 4) is 0 Å². The third-order valence-corrected chi connectivity index (χ3v) is 5.11. The standard InChI is InChI=1S/C19H27NO3/c1-13(2-11-18(21)22)15-7-9-17(10-8-15)19(23)16-5-3-14(12-20)4-6-16/h7-10,13-14,16H,2-6,11-12,20H2,1H3,(H,21,22). The fourth-order valence-corrected chi connectivity index (χ4v) is 3.38. The van der Waals surface area contributed by atoms with Crippen LogP contribution in [0.5, 0.6) is 0 Å². The van der Waals surface area contributed by atoms with Gasteiger partial charge >= 0.3 is 5.97 Å². The van der Waals surface area contributed by atoms with Crippen molar-refractivity contribution in [3.05, 3.63) is 35.4 Å². The lowest BCUT2D eigenvalue weighted by molar-refractivity contribution is -0.137. The van der Waals surface area contributed by atoms with Crippen LogP contribution in [0.3, 0.4) is 0 Å². The second kappa shape index (κ2) is 8.25. The van der Waals surface area contributed by atoms with Crippen LogP contribution in [0.15, 0.2) is 24.3 Å². The molecule has 0 radical (unpaired) electrons. The summed E-state index contributed by atoms with van der Waals surface area (Å²) in [6, 6.07) is 7.71. The number of aliphatic carboxylic acids is 1. The van der Waals surface area contributed by atoms with Crippen LogP contribution in [0.2, 0.25) is 0 Å². The molecule has 0 aliphatic heterocycles. The summed E-state index contributed by atoms with van der Waals surface area (Å²) in [6.07, 6.45) is 4.78. The van der Waals surface area contributed by atoms with E-state index in [4.69, 9.17) is 10.8 Å². The molecule has 0 heterocycles. The van der Waals surface area contributed by atoms with Gasteiger partial charge in [-0.05, 0) is 56.0 Å². The maximum atomic E-state index is 12.6. The Morgan fingerprint density at radius 1 is 1.17 bits per heavy atom. The summed E-state index contributed by atoms with van der Waals surface area (Å²) in [6.45, 7) is 2.75. The van der Waals surface area contributed by atoms with Gasteiger partial charge in [0.05, 0.1) is 0 Å². The van der Waals surface area contributed by atoms with Gasteiger partial charge in [0.1, 0.15) is 0 Å². The van der Waals surface area contributed by atoms with Crippen LogP contribution in [0.4, 0.5) is 0 Å². The number of benzene rings is 1. The summed E-state index contributed by atoms with van der Waals surface area (Å²) in [5.74, 6) is 0.377. The zero-order valence-corrected chi connectivity index (χ0v) is 13.8. The summed E-state index contributed by atoms with van der Waals surface area (Å²) < 4.78 is 0. The van der Waals surface area contributed by atoms with Crippen molar-refractivity contribution in [2.75, 3.05) is 6.54 Å². The Hall–Kier alpha value is -1.68. The van der Waals surface area contributed by atoms with Crippen molar-refractivity contribution in [2.45, 2.75) is 51.4 Å². The Morgan fingerprint density at radius 3 is 2.30 bits per heavy atom. The van der Waals surface area contributed by atoms with Gasteiger partial charge in [-0.2, -0.15) is 0 Å². The lowest BCUT2D eigenvalue weighted by Crippen LogP contribution is -2.25. The highest BCUT2D eigenvalue weighted by Gasteiger charge is 2.26. The fourth-order valence-electron chi connectivity index (χ4n) is 3.38. The van der Waals surface area contributed by atoms with Crippen molar-refractivity contribution in [1.82, 2.24) is 0 Å². The number of ketones is 1. The molecule has 3 N–H and O–H groups in total. The minimum Gasteiger partial charge on any atom is -0.481 e. The van der Waals surface area contributed by atoms with Crippen LogP contribution in [0, 0.1) is 11.8 Å². The molecule has 0 spiro atoms. The quantitative estimate of drug-likeness (QED) is 0.753. The van der Waals surface area contributed by atoms with E-state index in [9.17, 15) is 9.59 Å². The van der Waals surface area contributed by atoms with Crippen LogP contribution in [0.25, 0.3) is 0 Å². The van der Waals surface area contributed by atoms with E-state index in [1.165, 1.54) is 0 Å². The molecule has 1 fully saturated rings. The van der Waals surface area contributed by atoms with Crippen LogP contribution in [-0.4, -0.2) is 23.4 Å². The zero-order chi connectivity index (χ0) is 16.8. The summed E-state index contributed by atoms with van der Waals surface area (Å²) in [5.41, 5.74) is 7.57. The van der Waals surface area contributed by atoms with E-state index in [1.54, 1.807) is 0 Å². The molecule has 0 bridgehead atoms. The van der Waals surface area contributed by atoms with E-state index in [1.807, 2.05) is 31.2 Å². The molecule has 4 nitrogen and oxygen atoms in total. The second-order valence-electron chi connectivity index (χ2n) is 6.77. The Bertz CT molecular complexity index is 530. The predicted molar refractivity (Wildman–Crippen MR) is 90.6 cm³/mol. The second-order valence-corrected chi connectivity index (χ2v) is 6.77. The monoisotopic (exact) mass is 317 g/mol. The highest BCUT2D eigenvalue weighted by Crippen LogP contribution is 2.31. The number of carbonyl (C=O) groups is 2. The molecule has 1 aromatic carbocycles. The molecule has 0 amide bonds. The van der Waals surface area contributed by atoms with Gasteiger partial charge in [0.25, 0.3) is 0 Å². The maximum absolute atomic E-state index is 12.6. The van der Waals surface area contributed by atoms with Crippen LogP contribution >= 0.6 is 0 Å². The first-order chi connectivity index (χ1) is 11.0. The Balaban J connectivity index is 1.93. The van der Waals surface area contributed by atoms with Crippen molar-refractivity contribution < 1.29 is 14.7 Å². The van der Waals surface area contributed by atoms with Crippen molar-refractivity contribution in [2.24, 2.45) is 17.6 Å². The van der Waals surface area contributed by atoms with E-state index >= 15 is 0 Å². The van der Waals surface area contributed by atoms with Gasteiger partial charge in [0.15, 0.2) is 5.78 Å². The number of carbonyl (C=O) groups excluding carboxylic acids is 1. The van der Waals surface area contributed by atoms with Crippen molar-refractivity contribution in [3.63, 3.8) is 0 Å². The van der Waals surface area contributed by atoms with Gasteiger partial charge in [0.2, 0.25) is 0 Å². The Morgan fingerprint density at radius 2 is 1.78 bits per heavy atom. The third-order valence-electron chi connectivity index (χ3n) is 5.11. The average Bonchev–Trinajstić information content (AvgIpc) is 2.59. The van der Waals surface area contributed by atoms with Gasteiger partial charge in [-0.3, -0.25) is 9.59 Å². The molecule has 126 valence electrons. The number of hydrogen-bond donors (Lipinski definition) is 2. The average molecular weight is 317 g/mol. The lowest BCUT2D eigenvalue weighted by atomic mass is 9.78. The first-order valence-corrected chi connectivity index (χ1v) is 8.57. The molecular formula is C19H27NO3. The smallest absolute Gasteiger partial charge is 0.303 e. The lowest BCUT2D eigenvalue weighted by Gasteiger charge is -2.26. The third kappa shape index (κ3) is 4.90. The Labute approximate surface area is 138 Å². The summed E-state index contributed by atoms with van der Waals surface area (Å²) >= 11 is 0. The largest absolute Gasteiger partial charge is 0.481 e. The predicted octanol–water partition coefficient (Wildman–Crippen LogP) is 3.60. The van der Waals surface area contributed by atoms with Crippen molar-refractivity contribution in [1.29, 1.82) is 0 Å². The number of Topliss-reactive ketones (excluding diaryl/α,β-unsaturated/α-hetero) is 1. The molecule has 1 aromatic rings. The first-order valence-electron chi connectivity index (χ1n) is 8.57. The van der Waals surface area contributed by atoms with E-state index in [-0.39, 0.29) is 24.0 Å². The number of rotatable bonds is 7. The molecule has 0 saturated heterocycles. The van der Waals surface area contributed by atoms with Crippen LogP contribution in [0.1, 0.15) is 67.3 Å². The van der Waals surface area contributed by atoms with Crippen LogP contribution < -0.4 is 5.73 Å². The van der Waals surface area contributed by atoms with Gasteiger partial charge in [-0.25, -0.2) is 0 Å². The van der Waals surface area contributed by atoms with Gasteiger partial charge in [-0.15, -0.1) is 0 Å². The molecule has 2 rings (SSSR count). The zero-order valence-electron chi connectivity index (χ0n) is 13.8. The summed E-state index contributed by atoms with van der Waals surface area (Å²) in [4.78, 5) is 23.2.